The minimum Gasteiger partial charge on any atom is -0.335 e. The van der Waals surface area contributed by atoms with Gasteiger partial charge in [-0.05, 0) is 79.1 Å². The molecule has 0 spiro atoms. The number of amides is 3. The van der Waals surface area contributed by atoms with E-state index < -0.39 is 16.9 Å². The van der Waals surface area contributed by atoms with Gasteiger partial charge in [0.2, 0.25) is 5.91 Å². The van der Waals surface area contributed by atoms with Gasteiger partial charge in [-0.2, -0.15) is 0 Å². The van der Waals surface area contributed by atoms with Crippen LogP contribution in [0.2, 0.25) is 0 Å². The van der Waals surface area contributed by atoms with Gasteiger partial charge in [-0.1, -0.05) is 30.3 Å². The SMILES string of the molecule is O=C(Nc1ccccc1[N+](=O)[O-])[C@@H]1CCCN1C(=O)NC1C[C@H]2CC[C@H](C1)N2Cc1ccc2cc(F)ccc2c1. The van der Waals surface area contributed by atoms with Crippen molar-refractivity contribution in [2.45, 2.75) is 69.2 Å². The molecule has 3 aliphatic rings. The Labute approximate surface area is 231 Å². The summed E-state index contributed by atoms with van der Waals surface area (Å²) in [6, 6.07) is 16.9. The van der Waals surface area contributed by atoms with Crippen molar-refractivity contribution in [3.63, 3.8) is 0 Å². The normalized spacial score (nSPS) is 24.3. The van der Waals surface area contributed by atoms with E-state index in [2.05, 4.69) is 27.7 Å². The fourth-order valence-electron chi connectivity index (χ4n) is 6.72. The van der Waals surface area contributed by atoms with Crippen LogP contribution in [0.1, 0.15) is 44.1 Å². The molecule has 2 bridgehead atoms. The van der Waals surface area contributed by atoms with Crippen LogP contribution in [0.15, 0.2) is 60.7 Å². The highest BCUT2D eigenvalue weighted by atomic mass is 19.1. The average molecular weight is 546 g/mol. The molecule has 0 unspecified atom stereocenters. The Hall–Kier alpha value is -4.05. The third kappa shape index (κ3) is 5.23. The summed E-state index contributed by atoms with van der Waals surface area (Å²) in [5.74, 6) is -0.640. The van der Waals surface area contributed by atoms with Gasteiger partial charge in [0, 0.05) is 37.3 Å². The summed E-state index contributed by atoms with van der Waals surface area (Å²) in [5.41, 5.74) is 1.15. The zero-order valence-corrected chi connectivity index (χ0v) is 22.1. The molecule has 3 saturated heterocycles. The predicted octanol–water partition coefficient (Wildman–Crippen LogP) is 5.20. The van der Waals surface area contributed by atoms with Crippen molar-refractivity contribution >= 4 is 34.1 Å². The number of piperidine rings is 1. The minimum absolute atomic E-state index is 0.0281. The summed E-state index contributed by atoms with van der Waals surface area (Å²) in [6.07, 6.45) is 5.08. The molecule has 208 valence electrons. The monoisotopic (exact) mass is 545 g/mol. The highest BCUT2D eigenvalue weighted by Crippen LogP contribution is 2.37. The van der Waals surface area contributed by atoms with Crippen molar-refractivity contribution < 1.29 is 18.9 Å². The number of nitro groups is 1. The number of para-hydroxylation sites is 2. The second kappa shape index (κ2) is 10.8. The summed E-state index contributed by atoms with van der Waals surface area (Å²) >= 11 is 0. The summed E-state index contributed by atoms with van der Waals surface area (Å²) in [5, 5.41) is 19.1. The van der Waals surface area contributed by atoms with E-state index >= 15 is 0 Å². The number of hydrogen-bond donors (Lipinski definition) is 2. The maximum absolute atomic E-state index is 13.6. The fraction of sp³-hybridized carbons (Fsp3) is 0.400. The minimum atomic E-state index is -0.669. The lowest BCUT2D eigenvalue weighted by Gasteiger charge is -2.40. The first-order valence-electron chi connectivity index (χ1n) is 13.9. The molecular formula is C30H32FN5O4. The summed E-state index contributed by atoms with van der Waals surface area (Å²) in [7, 11) is 0. The second-order valence-corrected chi connectivity index (χ2v) is 11.1. The number of carbonyl (C=O) groups is 2. The first-order chi connectivity index (χ1) is 19.4. The van der Waals surface area contributed by atoms with Crippen LogP contribution in [-0.2, 0) is 11.3 Å². The third-order valence-electron chi connectivity index (χ3n) is 8.62. The van der Waals surface area contributed by atoms with Crippen molar-refractivity contribution in [1.29, 1.82) is 0 Å². The Morgan fingerprint density at radius 2 is 1.70 bits per heavy atom. The van der Waals surface area contributed by atoms with E-state index in [1.165, 1.54) is 23.8 Å². The molecule has 6 rings (SSSR count). The van der Waals surface area contributed by atoms with Crippen LogP contribution >= 0.6 is 0 Å². The van der Waals surface area contributed by atoms with Gasteiger partial charge in [-0.25, -0.2) is 9.18 Å². The van der Waals surface area contributed by atoms with Crippen molar-refractivity contribution in [2.24, 2.45) is 0 Å². The number of nitrogens with one attached hydrogen (secondary N) is 2. The van der Waals surface area contributed by atoms with E-state index in [0.717, 1.165) is 43.0 Å². The topological polar surface area (TPSA) is 108 Å². The van der Waals surface area contributed by atoms with Crippen molar-refractivity contribution in [3.05, 3.63) is 82.2 Å². The van der Waals surface area contributed by atoms with Gasteiger partial charge >= 0.3 is 6.03 Å². The van der Waals surface area contributed by atoms with Gasteiger partial charge < -0.3 is 15.5 Å². The number of rotatable bonds is 6. The molecule has 0 aromatic heterocycles. The average Bonchev–Trinajstić information content (AvgIpc) is 3.51. The number of hydrogen-bond acceptors (Lipinski definition) is 5. The van der Waals surface area contributed by atoms with Crippen LogP contribution < -0.4 is 10.6 Å². The molecule has 0 saturated carbocycles. The molecule has 9 nitrogen and oxygen atoms in total. The van der Waals surface area contributed by atoms with Gasteiger partial charge in [0.25, 0.3) is 5.69 Å². The second-order valence-electron chi connectivity index (χ2n) is 11.1. The molecule has 3 atom stereocenters. The number of nitrogens with zero attached hydrogens (tertiary/aromatic N) is 3. The molecule has 10 heteroatoms. The van der Waals surface area contributed by atoms with Gasteiger partial charge in [-0.3, -0.25) is 19.8 Å². The number of anilines is 1. The molecule has 3 aliphatic heterocycles. The van der Waals surface area contributed by atoms with E-state index in [4.69, 9.17) is 0 Å². The zero-order valence-electron chi connectivity index (χ0n) is 22.1. The Morgan fingerprint density at radius 1 is 0.975 bits per heavy atom. The van der Waals surface area contributed by atoms with Crippen LogP contribution in [0, 0.1) is 15.9 Å². The van der Waals surface area contributed by atoms with Crippen LogP contribution in [0.5, 0.6) is 0 Å². The Balaban J connectivity index is 1.07. The number of halogens is 1. The van der Waals surface area contributed by atoms with E-state index in [1.807, 2.05) is 12.1 Å². The first kappa shape index (κ1) is 26.2. The van der Waals surface area contributed by atoms with Crippen molar-refractivity contribution in [1.82, 2.24) is 15.1 Å². The Bertz CT molecular complexity index is 1450. The molecule has 2 N–H and O–H groups in total. The predicted molar refractivity (Wildman–Crippen MR) is 149 cm³/mol. The van der Waals surface area contributed by atoms with E-state index in [9.17, 15) is 24.1 Å². The summed E-state index contributed by atoms with van der Waals surface area (Å²) in [4.78, 5) is 41.2. The molecule has 0 aliphatic carbocycles. The molecule has 3 heterocycles. The number of fused-ring (bicyclic) bond motifs is 3. The maximum atomic E-state index is 13.6. The summed E-state index contributed by atoms with van der Waals surface area (Å²) in [6.45, 7) is 1.29. The van der Waals surface area contributed by atoms with Crippen molar-refractivity contribution in [2.75, 3.05) is 11.9 Å². The number of nitro benzene ring substituents is 1. The standard InChI is InChI=1S/C30H32FN5O4/c31-22-10-9-20-14-19(7-8-21(20)15-22)18-35-24-11-12-25(35)17-23(16-24)32-30(38)34-13-3-6-28(34)29(37)33-26-4-1-2-5-27(26)36(39)40/h1-2,4-5,7-10,14-15,23-25,28H,3,6,11-13,16-18H2,(H,32,38)(H,33,37)/t24-,25-,28+/m1/s1. The molecule has 3 fully saturated rings. The highest BCUT2D eigenvalue weighted by molar-refractivity contribution is 5.98. The lowest BCUT2D eigenvalue weighted by atomic mass is 9.96. The molecule has 3 aromatic rings. The molecule has 3 aromatic carbocycles. The van der Waals surface area contributed by atoms with Crippen LogP contribution in [-0.4, -0.2) is 57.4 Å². The first-order valence-corrected chi connectivity index (χ1v) is 13.9. The van der Waals surface area contributed by atoms with Crippen LogP contribution in [0.25, 0.3) is 10.8 Å². The quantitative estimate of drug-likeness (QED) is 0.327. The zero-order chi connectivity index (χ0) is 27.8. The van der Waals surface area contributed by atoms with Crippen molar-refractivity contribution in [3.8, 4) is 0 Å². The van der Waals surface area contributed by atoms with Crippen LogP contribution in [0.4, 0.5) is 20.6 Å². The number of likely N-dealkylation sites (tertiary alicyclic amines) is 1. The lowest BCUT2D eigenvalue weighted by molar-refractivity contribution is -0.383. The van der Waals surface area contributed by atoms with Gasteiger partial charge in [-0.15, -0.1) is 0 Å². The van der Waals surface area contributed by atoms with Gasteiger partial charge in [0.15, 0.2) is 0 Å². The van der Waals surface area contributed by atoms with Gasteiger partial charge in [0.05, 0.1) is 4.92 Å². The lowest BCUT2D eigenvalue weighted by Crippen LogP contribution is -2.54. The number of carbonyl (C=O) groups excluding carboxylic acids is 2. The summed E-state index contributed by atoms with van der Waals surface area (Å²) < 4.78 is 13.6. The maximum Gasteiger partial charge on any atom is 0.318 e. The van der Waals surface area contributed by atoms with E-state index in [0.29, 0.717) is 31.5 Å². The molecular weight excluding hydrogens is 513 g/mol. The Kier molecular flexibility index (Phi) is 7.10. The fourth-order valence-corrected chi connectivity index (χ4v) is 6.72. The van der Waals surface area contributed by atoms with Crippen LogP contribution in [0.3, 0.4) is 0 Å². The smallest absolute Gasteiger partial charge is 0.318 e. The number of benzene rings is 3. The van der Waals surface area contributed by atoms with E-state index in [-0.39, 0.29) is 29.3 Å². The Morgan fingerprint density at radius 3 is 2.48 bits per heavy atom. The third-order valence-corrected chi connectivity index (χ3v) is 8.62. The molecule has 3 amide bonds. The van der Waals surface area contributed by atoms with E-state index in [1.54, 1.807) is 23.1 Å². The number of urea groups is 1. The largest absolute Gasteiger partial charge is 0.335 e. The highest BCUT2D eigenvalue weighted by Gasteiger charge is 2.42. The molecule has 40 heavy (non-hydrogen) atoms. The molecule has 0 radical (unpaired) electrons. The van der Waals surface area contributed by atoms with Gasteiger partial charge in [0.1, 0.15) is 17.5 Å².